The maximum Gasteiger partial charge on any atom is 0.346 e. The first-order chi connectivity index (χ1) is 29.4. The van der Waals surface area contributed by atoms with Crippen molar-refractivity contribution in [1.82, 2.24) is 0 Å². The Bertz CT molecular complexity index is 2030. The second kappa shape index (κ2) is 21.2. The van der Waals surface area contributed by atoms with Gasteiger partial charge in [0.05, 0.1) is 73.8 Å². The molecule has 0 aliphatic carbocycles. The summed E-state index contributed by atoms with van der Waals surface area (Å²) in [6, 6.07) is 17.8. The van der Waals surface area contributed by atoms with Crippen molar-refractivity contribution in [2.45, 2.75) is 62.2 Å². The first-order valence-electron chi connectivity index (χ1n) is 20.5. The lowest BCUT2D eigenvalue weighted by Crippen LogP contribution is -2.45. The fraction of sp³-hybridized carbons (Fsp3) is 0.435. The molecule has 2 fully saturated rings. The van der Waals surface area contributed by atoms with E-state index in [1.165, 1.54) is 72.8 Å². The maximum atomic E-state index is 14.9. The minimum Gasteiger partial charge on any atom is -0.493 e. The van der Waals surface area contributed by atoms with Crippen LogP contribution < -0.4 is 18.9 Å². The van der Waals surface area contributed by atoms with Crippen LogP contribution in [-0.2, 0) is 28.8 Å². The summed E-state index contributed by atoms with van der Waals surface area (Å²) in [6.45, 7) is 10.4. The quantitative estimate of drug-likeness (QED) is 0.0379. The summed E-state index contributed by atoms with van der Waals surface area (Å²) in [4.78, 5) is 25.3. The molecule has 0 spiro atoms. The smallest absolute Gasteiger partial charge is 0.346 e. The Morgan fingerprint density at radius 1 is 0.557 bits per heavy atom. The van der Waals surface area contributed by atoms with E-state index in [0.29, 0.717) is 52.5 Å². The van der Waals surface area contributed by atoms with Gasteiger partial charge in [0.1, 0.15) is 34.6 Å². The van der Waals surface area contributed by atoms with E-state index in [0.717, 1.165) is 64.2 Å². The minimum atomic E-state index is -4.05. The number of ether oxygens (including phenoxy) is 8. The predicted octanol–water partition coefficient (Wildman–Crippen LogP) is 8.44. The molecule has 328 valence electrons. The highest BCUT2D eigenvalue weighted by Crippen LogP contribution is 2.33. The van der Waals surface area contributed by atoms with Crippen LogP contribution in [-0.4, -0.2) is 86.4 Å². The van der Waals surface area contributed by atoms with Crippen LogP contribution >= 0.6 is 0 Å². The Hall–Kier alpha value is -4.93. The first kappa shape index (κ1) is 45.6. The van der Waals surface area contributed by atoms with Gasteiger partial charge in [-0.2, -0.15) is 0 Å². The van der Waals surface area contributed by atoms with Gasteiger partial charge >= 0.3 is 11.9 Å². The van der Waals surface area contributed by atoms with Crippen molar-refractivity contribution in [3.63, 3.8) is 0 Å². The molecule has 0 radical (unpaired) electrons. The van der Waals surface area contributed by atoms with Gasteiger partial charge in [0.2, 0.25) is 9.84 Å². The number of unbranched alkanes of at least 4 members (excludes halogenated alkanes) is 2. The molecule has 0 N–H and O–H groups in total. The van der Waals surface area contributed by atoms with E-state index in [1.54, 1.807) is 0 Å². The van der Waals surface area contributed by atoms with Gasteiger partial charge in [-0.05, 0) is 111 Å². The Balaban J connectivity index is 0.915. The van der Waals surface area contributed by atoms with E-state index in [4.69, 9.17) is 37.9 Å². The molecule has 61 heavy (non-hydrogen) atoms. The molecule has 6 rings (SSSR count). The summed E-state index contributed by atoms with van der Waals surface area (Å²) in [5, 5.41) is 0. The van der Waals surface area contributed by atoms with Crippen molar-refractivity contribution in [3.8, 4) is 23.0 Å². The van der Waals surface area contributed by atoms with Gasteiger partial charge in [-0.15, -0.1) is 0 Å². The highest BCUT2D eigenvalue weighted by molar-refractivity contribution is 7.91. The van der Waals surface area contributed by atoms with Crippen molar-refractivity contribution in [2.75, 3.05) is 66.1 Å². The first-order valence-corrected chi connectivity index (χ1v) is 22.0. The van der Waals surface area contributed by atoms with E-state index in [-0.39, 0.29) is 54.7 Å². The lowest BCUT2D eigenvalue weighted by Gasteiger charge is -2.40. The monoisotopic (exact) mass is 866 g/mol. The molecule has 0 saturated carbocycles. The number of carbonyl (C=O) groups is 2. The fourth-order valence-corrected chi connectivity index (χ4v) is 7.73. The number of benzene rings is 4. The number of sulfone groups is 1. The number of esters is 2. The number of halogens is 2. The molecule has 12 nitrogen and oxygen atoms in total. The zero-order valence-electron chi connectivity index (χ0n) is 34.5. The SMILES string of the molecule is CCC1(COCCCCOc2ccc(C(=O)Oc3ccc(S(=O)(=O)c4ccc(OC(=O)c5ccc(OCCCCOCC6(CC)COC6)cc5F)cc4)cc3)c(F)c2)COC1. The number of hydrogen-bond donors (Lipinski definition) is 0. The van der Waals surface area contributed by atoms with Gasteiger partial charge in [0.25, 0.3) is 0 Å². The van der Waals surface area contributed by atoms with Crippen LogP contribution in [0.3, 0.4) is 0 Å². The molecule has 2 aliphatic heterocycles. The van der Waals surface area contributed by atoms with E-state index >= 15 is 0 Å². The molecule has 0 bridgehead atoms. The summed E-state index contributed by atoms with van der Waals surface area (Å²) in [5.41, 5.74) is -0.365. The van der Waals surface area contributed by atoms with Crippen LogP contribution in [0.5, 0.6) is 23.0 Å². The van der Waals surface area contributed by atoms with Crippen LogP contribution in [0, 0.1) is 22.5 Å². The molecule has 15 heteroatoms. The second-order valence-electron chi connectivity index (χ2n) is 15.4. The van der Waals surface area contributed by atoms with Gasteiger partial charge in [-0.3, -0.25) is 0 Å². The summed E-state index contributed by atoms with van der Waals surface area (Å²) in [7, 11) is -4.05. The molecule has 2 heterocycles. The summed E-state index contributed by atoms with van der Waals surface area (Å²) in [6.07, 6.45) is 5.00. The predicted molar refractivity (Wildman–Crippen MR) is 219 cm³/mol. The number of carbonyl (C=O) groups excluding carboxylic acids is 2. The lowest BCUT2D eigenvalue weighted by molar-refractivity contribution is -0.150. The molecular weight excluding hydrogens is 815 g/mol. The summed E-state index contributed by atoms with van der Waals surface area (Å²) < 4.78 is 100. The van der Waals surface area contributed by atoms with Crippen LogP contribution in [0.2, 0.25) is 0 Å². The molecular formula is C46H52F2O12S. The zero-order valence-corrected chi connectivity index (χ0v) is 35.3. The van der Waals surface area contributed by atoms with Crippen molar-refractivity contribution in [3.05, 3.63) is 108 Å². The Morgan fingerprint density at radius 3 is 1.25 bits per heavy atom. The van der Waals surface area contributed by atoms with Crippen molar-refractivity contribution >= 4 is 21.8 Å². The third-order valence-electron chi connectivity index (χ3n) is 10.9. The molecule has 2 saturated heterocycles. The van der Waals surface area contributed by atoms with Crippen LogP contribution in [0.4, 0.5) is 8.78 Å². The number of hydrogen-bond acceptors (Lipinski definition) is 12. The van der Waals surface area contributed by atoms with E-state index < -0.39 is 33.4 Å². The minimum absolute atomic E-state index is 0.00379. The molecule has 0 unspecified atom stereocenters. The van der Waals surface area contributed by atoms with E-state index in [2.05, 4.69) is 13.8 Å². The average molecular weight is 867 g/mol. The molecule has 4 aromatic rings. The third-order valence-corrected chi connectivity index (χ3v) is 12.6. The fourth-order valence-electron chi connectivity index (χ4n) is 6.47. The van der Waals surface area contributed by atoms with Gasteiger partial charge in [-0.1, -0.05) is 13.8 Å². The van der Waals surface area contributed by atoms with E-state index in [9.17, 15) is 26.8 Å². The molecule has 2 aliphatic rings. The van der Waals surface area contributed by atoms with Gasteiger partial charge in [0, 0.05) is 36.2 Å². The molecule has 0 atom stereocenters. The Labute approximate surface area is 355 Å². The standard InChI is InChI=1S/C46H52F2O12S/c1-3-45(29-55-30-45)27-53-21-5-7-23-57-35-13-19-39(41(47)25-35)43(49)59-33-9-15-37(16-10-33)61(51,52)38-17-11-34(12-18-38)60-44(50)40-20-14-36(26-42(40)48)58-24-8-6-22-54-28-46(4-2)31-56-32-46/h9-20,25-26H,3-8,21-24,27-32H2,1-2H3. The van der Waals surface area contributed by atoms with Crippen molar-refractivity contribution in [1.29, 1.82) is 0 Å². The Kier molecular flexibility index (Phi) is 15.9. The molecule has 0 amide bonds. The van der Waals surface area contributed by atoms with E-state index in [1.807, 2.05) is 0 Å². The highest BCUT2D eigenvalue weighted by atomic mass is 32.2. The second-order valence-corrected chi connectivity index (χ2v) is 17.4. The van der Waals surface area contributed by atoms with Crippen LogP contribution in [0.1, 0.15) is 73.1 Å². The maximum absolute atomic E-state index is 14.9. The zero-order chi connectivity index (χ0) is 43.3. The molecule has 4 aromatic carbocycles. The topological polar surface area (TPSA) is 142 Å². The largest absolute Gasteiger partial charge is 0.493 e. The third kappa shape index (κ3) is 12.1. The van der Waals surface area contributed by atoms with Crippen molar-refractivity contribution < 1.29 is 64.7 Å². The van der Waals surface area contributed by atoms with Gasteiger partial charge in [-0.25, -0.2) is 26.8 Å². The summed E-state index contributed by atoms with van der Waals surface area (Å²) in [5.74, 6) is -3.08. The van der Waals surface area contributed by atoms with Gasteiger partial charge in [0.15, 0.2) is 0 Å². The Morgan fingerprint density at radius 2 is 0.918 bits per heavy atom. The number of rotatable bonds is 24. The summed E-state index contributed by atoms with van der Waals surface area (Å²) >= 11 is 0. The highest BCUT2D eigenvalue weighted by Gasteiger charge is 2.37. The van der Waals surface area contributed by atoms with Crippen molar-refractivity contribution in [2.24, 2.45) is 10.8 Å². The van der Waals surface area contributed by atoms with Gasteiger partial charge < -0.3 is 37.9 Å². The average Bonchev–Trinajstić information content (AvgIpc) is 3.22. The van der Waals surface area contributed by atoms with Crippen LogP contribution in [0.15, 0.2) is 94.7 Å². The normalized spacial score (nSPS) is 15.3. The lowest BCUT2D eigenvalue weighted by atomic mass is 9.84. The van der Waals surface area contributed by atoms with Crippen LogP contribution in [0.25, 0.3) is 0 Å². The molecule has 0 aromatic heterocycles.